The first-order valence-corrected chi connectivity index (χ1v) is 8.32. The SMILES string of the molecule is CC(C)(C)c1ccc(-c2cccc(OCCn3ccnc3)c2)cc1. The first-order valence-electron chi connectivity index (χ1n) is 8.32. The number of ether oxygens (including phenoxy) is 1. The molecule has 2 aromatic carbocycles. The van der Waals surface area contributed by atoms with Crippen LogP contribution in [-0.2, 0) is 12.0 Å². The van der Waals surface area contributed by atoms with Crippen LogP contribution < -0.4 is 4.74 Å². The van der Waals surface area contributed by atoms with Crippen molar-refractivity contribution >= 4 is 0 Å². The Morgan fingerprint density at radius 3 is 2.46 bits per heavy atom. The van der Waals surface area contributed by atoms with Crippen LogP contribution in [0.25, 0.3) is 11.1 Å². The molecule has 0 unspecified atom stereocenters. The minimum absolute atomic E-state index is 0.177. The van der Waals surface area contributed by atoms with Gasteiger partial charge < -0.3 is 9.30 Å². The minimum atomic E-state index is 0.177. The summed E-state index contributed by atoms with van der Waals surface area (Å²) in [5.41, 5.74) is 3.91. The number of benzene rings is 2. The molecule has 1 heterocycles. The summed E-state index contributed by atoms with van der Waals surface area (Å²) in [5.74, 6) is 0.896. The lowest BCUT2D eigenvalue weighted by Crippen LogP contribution is -2.10. The molecule has 0 bridgehead atoms. The van der Waals surface area contributed by atoms with Crippen LogP contribution in [0.2, 0.25) is 0 Å². The number of hydrogen-bond donors (Lipinski definition) is 0. The molecule has 24 heavy (non-hydrogen) atoms. The summed E-state index contributed by atoms with van der Waals surface area (Å²) >= 11 is 0. The van der Waals surface area contributed by atoms with Gasteiger partial charge in [-0.3, -0.25) is 0 Å². The van der Waals surface area contributed by atoms with E-state index in [1.54, 1.807) is 12.5 Å². The van der Waals surface area contributed by atoms with E-state index >= 15 is 0 Å². The third-order valence-electron chi connectivity index (χ3n) is 4.10. The highest BCUT2D eigenvalue weighted by atomic mass is 16.5. The second-order valence-corrected chi connectivity index (χ2v) is 7.00. The summed E-state index contributed by atoms with van der Waals surface area (Å²) in [4.78, 5) is 4.03. The molecule has 0 saturated carbocycles. The van der Waals surface area contributed by atoms with Crippen LogP contribution in [0.1, 0.15) is 26.3 Å². The highest BCUT2D eigenvalue weighted by Gasteiger charge is 2.13. The van der Waals surface area contributed by atoms with Crippen molar-refractivity contribution in [1.29, 1.82) is 0 Å². The fourth-order valence-corrected chi connectivity index (χ4v) is 2.62. The van der Waals surface area contributed by atoms with Crippen LogP contribution in [0.3, 0.4) is 0 Å². The Labute approximate surface area is 143 Å². The van der Waals surface area contributed by atoms with Crippen molar-refractivity contribution in [3.63, 3.8) is 0 Å². The number of rotatable bonds is 5. The van der Waals surface area contributed by atoms with Crippen LogP contribution in [-0.4, -0.2) is 16.2 Å². The zero-order valence-electron chi connectivity index (χ0n) is 14.6. The molecular formula is C21H24N2O. The van der Waals surface area contributed by atoms with E-state index in [2.05, 4.69) is 62.2 Å². The fourth-order valence-electron chi connectivity index (χ4n) is 2.62. The van der Waals surface area contributed by atoms with Crippen molar-refractivity contribution in [3.05, 3.63) is 72.8 Å². The van der Waals surface area contributed by atoms with E-state index < -0.39 is 0 Å². The molecule has 0 spiro atoms. The van der Waals surface area contributed by atoms with E-state index in [1.807, 2.05) is 22.9 Å². The molecule has 3 aromatic rings. The summed E-state index contributed by atoms with van der Waals surface area (Å²) in [6.07, 6.45) is 5.52. The number of aromatic nitrogens is 2. The monoisotopic (exact) mass is 320 g/mol. The van der Waals surface area contributed by atoms with Crippen molar-refractivity contribution in [2.24, 2.45) is 0 Å². The third kappa shape index (κ3) is 4.05. The summed E-state index contributed by atoms with van der Waals surface area (Å²) < 4.78 is 7.88. The highest BCUT2D eigenvalue weighted by molar-refractivity contribution is 5.65. The second kappa shape index (κ2) is 6.91. The predicted molar refractivity (Wildman–Crippen MR) is 98.3 cm³/mol. The molecule has 0 aliphatic carbocycles. The standard InChI is InChI=1S/C21H24N2O/c1-21(2,3)19-9-7-17(8-10-19)18-5-4-6-20(15-18)24-14-13-23-12-11-22-16-23/h4-12,15-16H,13-14H2,1-3H3. The summed E-state index contributed by atoms with van der Waals surface area (Å²) in [6, 6.07) is 17.1. The van der Waals surface area contributed by atoms with E-state index in [4.69, 9.17) is 4.74 Å². The van der Waals surface area contributed by atoms with Crippen LogP contribution in [0.4, 0.5) is 0 Å². The van der Waals surface area contributed by atoms with Crippen molar-refractivity contribution in [2.45, 2.75) is 32.7 Å². The number of hydrogen-bond acceptors (Lipinski definition) is 2. The number of nitrogens with zero attached hydrogens (tertiary/aromatic N) is 2. The Balaban J connectivity index is 1.68. The van der Waals surface area contributed by atoms with Gasteiger partial charge in [0.2, 0.25) is 0 Å². The maximum absolute atomic E-state index is 5.87. The van der Waals surface area contributed by atoms with Gasteiger partial charge in [0.05, 0.1) is 12.9 Å². The Hall–Kier alpha value is -2.55. The Morgan fingerprint density at radius 2 is 1.79 bits per heavy atom. The Morgan fingerprint density at radius 1 is 1.00 bits per heavy atom. The van der Waals surface area contributed by atoms with Gasteiger partial charge in [0, 0.05) is 12.4 Å². The van der Waals surface area contributed by atoms with Crippen LogP contribution in [0.5, 0.6) is 5.75 Å². The maximum Gasteiger partial charge on any atom is 0.120 e. The lowest BCUT2D eigenvalue weighted by molar-refractivity contribution is 0.298. The molecule has 0 saturated heterocycles. The molecule has 3 nitrogen and oxygen atoms in total. The van der Waals surface area contributed by atoms with Gasteiger partial charge in [-0.1, -0.05) is 57.2 Å². The van der Waals surface area contributed by atoms with Gasteiger partial charge in [-0.05, 0) is 34.2 Å². The molecule has 124 valence electrons. The quantitative estimate of drug-likeness (QED) is 0.666. The summed E-state index contributed by atoms with van der Waals surface area (Å²) in [6.45, 7) is 8.12. The molecule has 0 radical (unpaired) electrons. The van der Waals surface area contributed by atoms with E-state index in [0.29, 0.717) is 6.61 Å². The van der Waals surface area contributed by atoms with Gasteiger partial charge in [-0.25, -0.2) is 4.98 Å². The molecule has 0 aliphatic rings. The Kier molecular flexibility index (Phi) is 4.70. The van der Waals surface area contributed by atoms with Crippen LogP contribution in [0.15, 0.2) is 67.3 Å². The third-order valence-corrected chi connectivity index (χ3v) is 4.10. The van der Waals surface area contributed by atoms with Crippen molar-refractivity contribution in [3.8, 4) is 16.9 Å². The van der Waals surface area contributed by atoms with Gasteiger partial charge in [-0.2, -0.15) is 0 Å². The van der Waals surface area contributed by atoms with Gasteiger partial charge in [-0.15, -0.1) is 0 Å². The lowest BCUT2D eigenvalue weighted by atomic mass is 9.86. The normalized spacial score (nSPS) is 11.5. The van der Waals surface area contributed by atoms with E-state index in [1.165, 1.54) is 16.7 Å². The molecule has 0 aliphatic heterocycles. The van der Waals surface area contributed by atoms with E-state index in [0.717, 1.165) is 12.3 Å². The smallest absolute Gasteiger partial charge is 0.120 e. The Bertz CT molecular complexity index is 768. The van der Waals surface area contributed by atoms with Gasteiger partial charge in [0.15, 0.2) is 0 Å². The van der Waals surface area contributed by atoms with Gasteiger partial charge in [0.1, 0.15) is 12.4 Å². The molecule has 0 atom stereocenters. The molecule has 0 fully saturated rings. The first kappa shape index (κ1) is 16.3. The average Bonchev–Trinajstić information content (AvgIpc) is 3.08. The van der Waals surface area contributed by atoms with E-state index in [9.17, 15) is 0 Å². The largest absolute Gasteiger partial charge is 0.492 e. The summed E-state index contributed by atoms with van der Waals surface area (Å²) in [7, 11) is 0. The average molecular weight is 320 g/mol. The lowest BCUT2D eigenvalue weighted by Gasteiger charge is -2.19. The molecule has 0 amide bonds. The van der Waals surface area contributed by atoms with Crippen molar-refractivity contribution in [1.82, 2.24) is 9.55 Å². The minimum Gasteiger partial charge on any atom is -0.492 e. The fraction of sp³-hybridized carbons (Fsp3) is 0.286. The van der Waals surface area contributed by atoms with Crippen LogP contribution >= 0.6 is 0 Å². The zero-order valence-corrected chi connectivity index (χ0v) is 14.6. The topological polar surface area (TPSA) is 27.1 Å². The van der Waals surface area contributed by atoms with Gasteiger partial charge in [0.25, 0.3) is 0 Å². The second-order valence-electron chi connectivity index (χ2n) is 7.00. The van der Waals surface area contributed by atoms with Crippen molar-refractivity contribution in [2.75, 3.05) is 6.61 Å². The van der Waals surface area contributed by atoms with Crippen LogP contribution in [0, 0.1) is 0 Å². The molecule has 3 rings (SSSR count). The molecule has 1 aromatic heterocycles. The van der Waals surface area contributed by atoms with Gasteiger partial charge >= 0.3 is 0 Å². The predicted octanol–water partition coefficient (Wildman–Crippen LogP) is 4.93. The molecule has 0 N–H and O–H groups in total. The first-order chi connectivity index (χ1) is 11.5. The summed E-state index contributed by atoms with van der Waals surface area (Å²) in [5, 5.41) is 0. The molecule has 3 heteroatoms. The van der Waals surface area contributed by atoms with Crippen molar-refractivity contribution < 1.29 is 4.74 Å². The number of imidazole rings is 1. The maximum atomic E-state index is 5.87. The zero-order chi connectivity index (χ0) is 17.0. The van der Waals surface area contributed by atoms with E-state index in [-0.39, 0.29) is 5.41 Å². The molecular weight excluding hydrogens is 296 g/mol. The highest BCUT2D eigenvalue weighted by Crippen LogP contribution is 2.28.